The molecular formula is C30H41F2N3O5. The second-order valence-corrected chi connectivity index (χ2v) is 10.7. The summed E-state index contributed by atoms with van der Waals surface area (Å²) in [6.07, 6.45) is -1.32. The smallest absolute Gasteiger partial charge is 0.253 e. The highest BCUT2D eigenvalue weighted by molar-refractivity contribution is 6.00. The first-order chi connectivity index (χ1) is 19.0. The molecule has 2 aromatic carbocycles. The summed E-state index contributed by atoms with van der Waals surface area (Å²) in [5, 5.41) is 34.4. The summed E-state index contributed by atoms with van der Waals surface area (Å²) in [4.78, 5) is 30.2. The van der Waals surface area contributed by atoms with Gasteiger partial charge in [0.05, 0.1) is 18.2 Å². The van der Waals surface area contributed by atoms with Crippen LogP contribution in [-0.2, 0) is 6.42 Å². The lowest BCUT2D eigenvalue weighted by atomic mass is 9.96. The number of rotatable bonds is 13. The van der Waals surface area contributed by atoms with E-state index >= 15 is 0 Å². The zero-order chi connectivity index (χ0) is 29.4. The minimum Gasteiger partial charge on any atom is -0.392 e. The number of hydrogen-bond acceptors (Lipinski definition) is 6. The number of nitrogens with zero attached hydrogens (tertiary/aromatic N) is 2. The predicted molar refractivity (Wildman–Crippen MR) is 148 cm³/mol. The summed E-state index contributed by atoms with van der Waals surface area (Å²) in [5.41, 5.74) is 1.45. The fourth-order valence-electron chi connectivity index (χ4n) is 5.19. The highest BCUT2D eigenvalue weighted by Crippen LogP contribution is 2.18. The van der Waals surface area contributed by atoms with Crippen molar-refractivity contribution < 1.29 is 33.7 Å². The third-order valence-corrected chi connectivity index (χ3v) is 7.05. The van der Waals surface area contributed by atoms with E-state index < -0.39 is 41.9 Å². The van der Waals surface area contributed by atoms with Gasteiger partial charge in [-0.3, -0.25) is 14.5 Å². The van der Waals surface area contributed by atoms with Crippen molar-refractivity contribution in [1.29, 1.82) is 0 Å². The molecule has 0 radical (unpaired) electrons. The number of carbonyl (C=O) groups excluding carboxylic acids is 2. The Bertz CT molecular complexity index is 1140. The maximum Gasteiger partial charge on any atom is 0.253 e. The Morgan fingerprint density at radius 1 is 1.02 bits per heavy atom. The van der Waals surface area contributed by atoms with E-state index in [1.807, 2.05) is 13.8 Å². The molecule has 0 aliphatic carbocycles. The van der Waals surface area contributed by atoms with Gasteiger partial charge >= 0.3 is 0 Å². The number of benzene rings is 2. The minimum atomic E-state index is -1.48. The number of β-amino-alcohol motifs (C(OH)–C–C–N with tert-alkyl or cyclic N) is 2. The monoisotopic (exact) mass is 561 g/mol. The zero-order valence-electron chi connectivity index (χ0n) is 23.4. The largest absolute Gasteiger partial charge is 0.392 e. The molecule has 2 amide bonds. The highest BCUT2D eigenvalue weighted by atomic mass is 19.1. The van der Waals surface area contributed by atoms with E-state index in [1.54, 1.807) is 28.9 Å². The van der Waals surface area contributed by atoms with Crippen molar-refractivity contribution in [3.05, 3.63) is 70.3 Å². The molecule has 2 aromatic rings. The van der Waals surface area contributed by atoms with Crippen molar-refractivity contribution in [1.82, 2.24) is 15.1 Å². The molecule has 0 unspecified atom stereocenters. The van der Waals surface area contributed by atoms with Crippen LogP contribution in [-0.4, -0.2) is 94.0 Å². The van der Waals surface area contributed by atoms with Crippen LogP contribution in [0.3, 0.4) is 0 Å². The van der Waals surface area contributed by atoms with Gasteiger partial charge in [0.1, 0.15) is 17.7 Å². The third-order valence-electron chi connectivity index (χ3n) is 7.05. The van der Waals surface area contributed by atoms with Crippen LogP contribution in [0.2, 0.25) is 0 Å². The van der Waals surface area contributed by atoms with Crippen molar-refractivity contribution in [3.8, 4) is 0 Å². The van der Waals surface area contributed by atoms with Crippen molar-refractivity contribution in [2.75, 3.05) is 32.7 Å². The van der Waals surface area contributed by atoms with E-state index in [4.69, 9.17) is 0 Å². The molecule has 1 heterocycles. The molecule has 1 saturated heterocycles. The molecule has 10 heteroatoms. The number of aryl methyl sites for hydroxylation is 1. The molecule has 40 heavy (non-hydrogen) atoms. The van der Waals surface area contributed by atoms with E-state index in [1.165, 1.54) is 6.07 Å². The Labute approximate surface area is 234 Å². The van der Waals surface area contributed by atoms with E-state index in [9.17, 15) is 33.7 Å². The quantitative estimate of drug-likeness (QED) is 0.299. The number of likely N-dealkylation sites (tertiary alicyclic amines) is 1. The second kappa shape index (κ2) is 14.6. The molecule has 0 spiro atoms. The lowest BCUT2D eigenvalue weighted by molar-refractivity contribution is -0.0189. The summed E-state index contributed by atoms with van der Waals surface area (Å²) >= 11 is 0. The lowest BCUT2D eigenvalue weighted by Gasteiger charge is -2.30. The number of aliphatic hydroxyl groups is 3. The van der Waals surface area contributed by atoms with Gasteiger partial charge in [-0.1, -0.05) is 13.8 Å². The van der Waals surface area contributed by atoms with Crippen LogP contribution in [0.15, 0.2) is 36.4 Å². The third kappa shape index (κ3) is 8.79. The molecule has 4 N–H and O–H groups in total. The Hall–Kier alpha value is -2.92. The molecule has 0 bridgehead atoms. The molecule has 0 aromatic heterocycles. The van der Waals surface area contributed by atoms with Gasteiger partial charge < -0.3 is 25.5 Å². The van der Waals surface area contributed by atoms with Gasteiger partial charge in [-0.15, -0.1) is 0 Å². The Balaban J connectivity index is 1.85. The van der Waals surface area contributed by atoms with Crippen LogP contribution >= 0.6 is 0 Å². The van der Waals surface area contributed by atoms with E-state index in [-0.39, 0.29) is 30.0 Å². The second-order valence-electron chi connectivity index (χ2n) is 10.7. The van der Waals surface area contributed by atoms with E-state index in [2.05, 4.69) is 5.32 Å². The summed E-state index contributed by atoms with van der Waals surface area (Å²) in [6, 6.07) is 6.67. The first-order valence-electron chi connectivity index (χ1n) is 13.9. The molecule has 1 aliphatic heterocycles. The van der Waals surface area contributed by atoms with Crippen LogP contribution < -0.4 is 5.32 Å². The Morgan fingerprint density at radius 3 is 2.23 bits per heavy atom. The standard InChI is InChI=1S/C30H41F2N3O5/c1-4-7-35(8-5-2)30(40)22-11-19(3)10-21(15-22)29(39)33-26(14-20-12-23(31)16-24(32)13-20)28(38)27(37)18-34-9-6-25(36)17-34/h10-13,15-16,25-28,36-38H,4-9,14,17-18H2,1-3H3,(H,33,39)/t25-,26+,27+,28-/m1/s1. The number of halogens is 2. The van der Waals surface area contributed by atoms with Crippen LogP contribution in [0, 0.1) is 18.6 Å². The minimum absolute atomic E-state index is 0.0515. The van der Waals surface area contributed by atoms with Crippen molar-refractivity contribution >= 4 is 11.8 Å². The Kier molecular flexibility index (Phi) is 11.6. The predicted octanol–water partition coefficient (Wildman–Crippen LogP) is 2.66. The maximum absolute atomic E-state index is 13.9. The van der Waals surface area contributed by atoms with Crippen molar-refractivity contribution in [3.63, 3.8) is 0 Å². The number of amides is 2. The van der Waals surface area contributed by atoms with Crippen LogP contribution in [0.5, 0.6) is 0 Å². The van der Waals surface area contributed by atoms with Crippen molar-refractivity contribution in [2.45, 2.75) is 70.8 Å². The summed E-state index contributed by atoms with van der Waals surface area (Å²) < 4.78 is 27.8. The number of hydrogen-bond donors (Lipinski definition) is 4. The summed E-state index contributed by atoms with van der Waals surface area (Å²) in [5.74, 6) is -2.38. The number of nitrogens with one attached hydrogen (secondary N) is 1. The average Bonchev–Trinajstić information content (AvgIpc) is 3.30. The first kappa shape index (κ1) is 31.6. The fourth-order valence-corrected chi connectivity index (χ4v) is 5.19. The van der Waals surface area contributed by atoms with Gasteiger partial charge in [0, 0.05) is 49.9 Å². The Morgan fingerprint density at radius 2 is 1.65 bits per heavy atom. The van der Waals surface area contributed by atoms with Gasteiger partial charge in [-0.05, 0) is 74.1 Å². The molecule has 0 saturated carbocycles. The van der Waals surface area contributed by atoms with E-state index in [0.717, 1.165) is 31.0 Å². The van der Waals surface area contributed by atoms with Crippen molar-refractivity contribution in [2.24, 2.45) is 0 Å². The molecule has 3 rings (SSSR count). The van der Waals surface area contributed by atoms with Crippen LogP contribution in [0.4, 0.5) is 8.78 Å². The molecule has 220 valence electrons. The van der Waals surface area contributed by atoms with Gasteiger partial charge in [-0.25, -0.2) is 8.78 Å². The molecule has 8 nitrogen and oxygen atoms in total. The molecule has 4 atom stereocenters. The van der Waals surface area contributed by atoms with Crippen LogP contribution in [0.25, 0.3) is 0 Å². The number of carbonyl (C=O) groups is 2. The summed E-state index contributed by atoms with van der Waals surface area (Å²) in [6.45, 7) is 7.87. The van der Waals surface area contributed by atoms with Crippen LogP contribution in [0.1, 0.15) is 65.0 Å². The maximum atomic E-state index is 13.9. The topological polar surface area (TPSA) is 113 Å². The highest BCUT2D eigenvalue weighted by Gasteiger charge is 2.32. The zero-order valence-corrected chi connectivity index (χ0v) is 23.4. The molecule has 1 aliphatic rings. The normalized spacial score (nSPS) is 17.9. The number of aliphatic hydroxyl groups excluding tert-OH is 3. The van der Waals surface area contributed by atoms with Gasteiger partial charge in [-0.2, -0.15) is 0 Å². The summed E-state index contributed by atoms with van der Waals surface area (Å²) in [7, 11) is 0. The van der Waals surface area contributed by atoms with Gasteiger partial charge in [0.2, 0.25) is 0 Å². The first-order valence-corrected chi connectivity index (χ1v) is 13.9. The average molecular weight is 562 g/mol. The van der Waals surface area contributed by atoms with Gasteiger partial charge in [0.15, 0.2) is 0 Å². The SMILES string of the molecule is CCCN(CCC)C(=O)c1cc(C)cc(C(=O)N[C@@H](Cc2cc(F)cc(F)c2)[C@@H](O)[C@@H](O)CN2CC[C@@H](O)C2)c1. The fraction of sp³-hybridized carbons (Fsp3) is 0.533. The van der Waals surface area contributed by atoms with Gasteiger partial charge in [0.25, 0.3) is 11.8 Å². The molecule has 1 fully saturated rings. The van der Waals surface area contributed by atoms with E-state index in [0.29, 0.717) is 43.7 Å². The lowest BCUT2D eigenvalue weighted by Crippen LogP contribution is -2.52. The molecular weight excluding hydrogens is 520 g/mol.